The van der Waals surface area contributed by atoms with Gasteiger partial charge in [0.2, 0.25) is 0 Å². The van der Waals surface area contributed by atoms with E-state index in [0.29, 0.717) is 17.4 Å². The Hall–Kier alpha value is -1.58. The van der Waals surface area contributed by atoms with Gasteiger partial charge in [0.05, 0.1) is 5.56 Å². The lowest BCUT2D eigenvalue weighted by Crippen LogP contribution is -2.18. The topological polar surface area (TPSA) is 68.0 Å². The molecule has 1 aromatic heterocycles. The van der Waals surface area contributed by atoms with E-state index in [9.17, 15) is 4.79 Å². The number of carbonyl (C=O) groups is 1. The molecule has 1 aliphatic carbocycles. The second kappa shape index (κ2) is 3.45. The fraction of sp³-hybridized carbons (Fsp3) is 0.538. The van der Waals surface area contributed by atoms with Crippen LogP contribution in [0.2, 0.25) is 0 Å². The average Bonchev–Trinajstić information content (AvgIpc) is 2.61. The average molecular weight is 233 g/mol. The maximum absolute atomic E-state index is 11.3. The lowest BCUT2D eigenvalue weighted by atomic mass is 10.0. The van der Waals surface area contributed by atoms with Gasteiger partial charge in [0.15, 0.2) is 0 Å². The third-order valence-corrected chi connectivity index (χ3v) is 4.37. The van der Waals surface area contributed by atoms with Gasteiger partial charge in [0.1, 0.15) is 5.82 Å². The van der Waals surface area contributed by atoms with Crippen LogP contribution in [0.4, 0.5) is 5.82 Å². The molecule has 92 valence electrons. The van der Waals surface area contributed by atoms with Gasteiger partial charge < -0.3 is 11.1 Å². The maximum Gasteiger partial charge on any atom is 0.252 e. The van der Waals surface area contributed by atoms with Crippen LogP contribution in [0.5, 0.6) is 0 Å². The Morgan fingerprint density at radius 2 is 1.94 bits per heavy atom. The number of nitrogens with one attached hydrogen (secondary N) is 1. The van der Waals surface area contributed by atoms with Crippen LogP contribution < -0.4 is 11.1 Å². The summed E-state index contributed by atoms with van der Waals surface area (Å²) in [6, 6.07) is 3.72. The van der Waals surface area contributed by atoms with Crippen molar-refractivity contribution in [1.82, 2.24) is 4.98 Å². The number of nitrogens with zero attached hydrogens (tertiary/aromatic N) is 1. The van der Waals surface area contributed by atoms with E-state index >= 15 is 0 Å². The number of anilines is 1. The number of hydrogen-bond donors (Lipinski definition) is 2. The van der Waals surface area contributed by atoms with Gasteiger partial charge in [0.25, 0.3) is 5.91 Å². The molecule has 0 saturated heterocycles. The SMILES string of the molecule is CC1(C)C(Nc2ncccc2C(N)=O)C1(C)C. The number of hydrogen-bond acceptors (Lipinski definition) is 3. The summed E-state index contributed by atoms with van der Waals surface area (Å²) in [5.41, 5.74) is 6.16. The van der Waals surface area contributed by atoms with Gasteiger partial charge in [-0.15, -0.1) is 0 Å². The van der Waals surface area contributed by atoms with Crippen molar-refractivity contribution in [2.24, 2.45) is 16.6 Å². The molecular weight excluding hydrogens is 214 g/mol. The zero-order chi connectivity index (χ0) is 12.8. The standard InChI is InChI=1S/C13H19N3O/c1-12(2)11(13(12,3)4)16-10-8(9(14)17)6-5-7-15-10/h5-7,11H,1-4H3,(H2,14,17)(H,15,16). The monoisotopic (exact) mass is 233 g/mol. The zero-order valence-corrected chi connectivity index (χ0v) is 10.7. The molecular formula is C13H19N3O. The molecule has 0 radical (unpaired) electrons. The summed E-state index contributed by atoms with van der Waals surface area (Å²) in [5.74, 6) is 0.139. The van der Waals surface area contributed by atoms with Crippen molar-refractivity contribution in [3.8, 4) is 0 Å². The van der Waals surface area contributed by atoms with E-state index in [1.807, 2.05) is 0 Å². The van der Waals surface area contributed by atoms with Gasteiger partial charge in [-0.25, -0.2) is 4.98 Å². The zero-order valence-electron chi connectivity index (χ0n) is 10.7. The molecule has 0 unspecified atom stereocenters. The molecule has 0 spiro atoms. The molecule has 4 heteroatoms. The van der Waals surface area contributed by atoms with Crippen molar-refractivity contribution in [2.75, 3.05) is 5.32 Å². The highest BCUT2D eigenvalue weighted by Gasteiger charge is 2.65. The Bertz CT molecular complexity index is 451. The number of amides is 1. The Morgan fingerprint density at radius 3 is 2.41 bits per heavy atom. The fourth-order valence-corrected chi connectivity index (χ4v) is 2.41. The normalized spacial score (nSPS) is 20.9. The van der Waals surface area contributed by atoms with Gasteiger partial charge in [0, 0.05) is 12.2 Å². The molecule has 4 nitrogen and oxygen atoms in total. The summed E-state index contributed by atoms with van der Waals surface area (Å²) in [6.45, 7) is 8.82. The highest BCUT2D eigenvalue weighted by molar-refractivity contribution is 5.97. The van der Waals surface area contributed by atoms with E-state index in [4.69, 9.17) is 5.73 Å². The van der Waals surface area contributed by atoms with E-state index in [1.54, 1.807) is 18.3 Å². The maximum atomic E-state index is 11.3. The molecule has 0 atom stereocenters. The molecule has 0 aliphatic heterocycles. The second-order valence-corrected chi connectivity index (χ2v) is 5.78. The number of primary amides is 1. The molecule has 1 fully saturated rings. The predicted octanol–water partition coefficient (Wildman–Crippen LogP) is 2.03. The number of rotatable bonds is 3. The van der Waals surface area contributed by atoms with Crippen molar-refractivity contribution in [2.45, 2.75) is 33.7 Å². The highest BCUT2D eigenvalue weighted by Crippen LogP contribution is 2.63. The molecule has 1 aliphatic rings. The molecule has 0 bridgehead atoms. The van der Waals surface area contributed by atoms with E-state index in [1.165, 1.54) is 0 Å². The first kappa shape index (κ1) is 11.9. The minimum atomic E-state index is -0.447. The molecule has 1 heterocycles. The fourth-order valence-electron chi connectivity index (χ4n) is 2.41. The van der Waals surface area contributed by atoms with Crippen molar-refractivity contribution < 1.29 is 4.79 Å². The summed E-state index contributed by atoms with van der Waals surface area (Å²) >= 11 is 0. The molecule has 2 rings (SSSR count). The number of aromatic nitrogens is 1. The van der Waals surface area contributed by atoms with Crippen LogP contribution in [-0.2, 0) is 0 Å². The first-order valence-corrected chi connectivity index (χ1v) is 5.80. The minimum absolute atomic E-state index is 0.194. The summed E-state index contributed by atoms with van der Waals surface area (Å²) < 4.78 is 0. The summed E-state index contributed by atoms with van der Waals surface area (Å²) in [6.07, 6.45) is 1.66. The first-order valence-electron chi connectivity index (χ1n) is 5.80. The van der Waals surface area contributed by atoms with Crippen LogP contribution >= 0.6 is 0 Å². The van der Waals surface area contributed by atoms with E-state index in [0.717, 1.165) is 0 Å². The molecule has 3 N–H and O–H groups in total. The Labute approximate surface area is 102 Å². The molecule has 1 saturated carbocycles. The first-order chi connectivity index (χ1) is 7.78. The Kier molecular flexibility index (Phi) is 2.42. The van der Waals surface area contributed by atoms with Gasteiger partial charge >= 0.3 is 0 Å². The highest BCUT2D eigenvalue weighted by atomic mass is 16.1. The lowest BCUT2D eigenvalue weighted by molar-refractivity contribution is 0.100. The van der Waals surface area contributed by atoms with Crippen LogP contribution in [-0.4, -0.2) is 16.9 Å². The van der Waals surface area contributed by atoms with Crippen molar-refractivity contribution >= 4 is 11.7 Å². The minimum Gasteiger partial charge on any atom is -0.366 e. The summed E-state index contributed by atoms with van der Waals surface area (Å²) in [7, 11) is 0. The van der Waals surface area contributed by atoms with E-state index < -0.39 is 5.91 Å². The Morgan fingerprint density at radius 1 is 1.35 bits per heavy atom. The van der Waals surface area contributed by atoms with E-state index in [2.05, 4.69) is 38.0 Å². The second-order valence-electron chi connectivity index (χ2n) is 5.78. The largest absolute Gasteiger partial charge is 0.366 e. The smallest absolute Gasteiger partial charge is 0.252 e. The van der Waals surface area contributed by atoms with Crippen LogP contribution in [0, 0.1) is 10.8 Å². The molecule has 17 heavy (non-hydrogen) atoms. The third-order valence-electron chi connectivity index (χ3n) is 4.37. The molecule has 0 aromatic carbocycles. The van der Waals surface area contributed by atoms with Gasteiger partial charge in [-0.1, -0.05) is 27.7 Å². The predicted molar refractivity (Wildman–Crippen MR) is 67.7 cm³/mol. The summed E-state index contributed by atoms with van der Waals surface area (Å²) in [4.78, 5) is 15.5. The number of carbonyl (C=O) groups excluding carboxylic acids is 1. The quantitative estimate of drug-likeness (QED) is 0.839. The van der Waals surface area contributed by atoms with Crippen LogP contribution in [0.25, 0.3) is 0 Å². The van der Waals surface area contributed by atoms with Gasteiger partial charge in [-0.05, 0) is 23.0 Å². The summed E-state index contributed by atoms with van der Waals surface area (Å²) in [5, 5.41) is 3.33. The number of pyridine rings is 1. The van der Waals surface area contributed by atoms with Gasteiger partial charge in [-0.3, -0.25) is 4.79 Å². The van der Waals surface area contributed by atoms with Crippen molar-refractivity contribution in [1.29, 1.82) is 0 Å². The van der Waals surface area contributed by atoms with Crippen LogP contribution in [0.15, 0.2) is 18.3 Å². The lowest BCUT2D eigenvalue weighted by Gasteiger charge is -2.10. The van der Waals surface area contributed by atoms with Crippen LogP contribution in [0.1, 0.15) is 38.1 Å². The van der Waals surface area contributed by atoms with Crippen molar-refractivity contribution in [3.05, 3.63) is 23.9 Å². The van der Waals surface area contributed by atoms with Crippen LogP contribution in [0.3, 0.4) is 0 Å². The molecule has 1 amide bonds. The number of nitrogens with two attached hydrogens (primary N) is 1. The molecule has 1 aromatic rings. The van der Waals surface area contributed by atoms with E-state index in [-0.39, 0.29) is 10.8 Å². The van der Waals surface area contributed by atoms with Gasteiger partial charge in [-0.2, -0.15) is 0 Å². The third kappa shape index (κ3) is 1.68. The Balaban J connectivity index is 2.25. The van der Waals surface area contributed by atoms with Crippen molar-refractivity contribution in [3.63, 3.8) is 0 Å².